The molecule has 2 amide bonds. The number of ketones is 1. The highest BCUT2D eigenvalue weighted by molar-refractivity contribution is 6.35. The van der Waals surface area contributed by atoms with E-state index in [1.165, 1.54) is 0 Å². The first-order chi connectivity index (χ1) is 11.3. The number of hydrogen-bond donors (Lipinski definition) is 1. The van der Waals surface area contributed by atoms with Crippen LogP contribution in [-0.4, -0.2) is 39.2 Å². The van der Waals surface area contributed by atoms with E-state index in [0.29, 0.717) is 18.4 Å². The van der Waals surface area contributed by atoms with E-state index in [9.17, 15) is 19.5 Å². The van der Waals surface area contributed by atoms with Crippen LogP contribution in [0.25, 0.3) is 0 Å². The molecule has 1 aliphatic rings. The summed E-state index contributed by atoms with van der Waals surface area (Å²) in [5, 5.41) is 9.13. The number of halogens is 1. The molecule has 1 saturated heterocycles. The zero-order valence-electron chi connectivity index (χ0n) is 14.4. The molecule has 0 saturated carbocycles. The molecule has 1 rings (SSSR count). The van der Waals surface area contributed by atoms with Crippen molar-refractivity contribution < 1.29 is 19.5 Å². The summed E-state index contributed by atoms with van der Waals surface area (Å²) in [7, 11) is 0. The standard InChI is InChI=1S/C18H28ClNO4/c1-13(2)15(21)10-8-6-4-3-5-7-9-11-16(22)20-17(23)12-14(19)18(20)24/h14,16,22H,1,3-12H2,2H3. The molecule has 1 aliphatic heterocycles. The van der Waals surface area contributed by atoms with E-state index < -0.39 is 23.4 Å². The molecule has 0 spiro atoms. The van der Waals surface area contributed by atoms with Crippen LogP contribution in [0.5, 0.6) is 0 Å². The second kappa shape index (κ2) is 10.6. The third-order valence-electron chi connectivity index (χ3n) is 4.27. The minimum atomic E-state index is -1.05. The van der Waals surface area contributed by atoms with Crippen LogP contribution in [0, 0.1) is 0 Å². The van der Waals surface area contributed by atoms with Crippen molar-refractivity contribution >= 4 is 29.2 Å². The molecule has 0 aromatic carbocycles. The maximum absolute atomic E-state index is 11.7. The molecule has 0 aliphatic carbocycles. The van der Waals surface area contributed by atoms with Gasteiger partial charge in [-0.2, -0.15) is 0 Å². The van der Waals surface area contributed by atoms with Gasteiger partial charge in [-0.15, -0.1) is 11.6 Å². The Hall–Kier alpha value is -1.20. The Morgan fingerprint density at radius 1 is 1.21 bits per heavy atom. The molecule has 6 heteroatoms. The van der Waals surface area contributed by atoms with Gasteiger partial charge < -0.3 is 5.11 Å². The smallest absolute Gasteiger partial charge is 0.249 e. The lowest BCUT2D eigenvalue weighted by Crippen LogP contribution is -2.40. The van der Waals surface area contributed by atoms with Gasteiger partial charge >= 0.3 is 0 Å². The first kappa shape index (κ1) is 20.8. The predicted molar refractivity (Wildman–Crippen MR) is 93.5 cm³/mol. The van der Waals surface area contributed by atoms with E-state index in [-0.39, 0.29) is 12.2 Å². The van der Waals surface area contributed by atoms with Gasteiger partial charge in [0.15, 0.2) is 5.78 Å². The van der Waals surface area contributed by atoms with E-state index >= 15 is 0 Å². The molecule has 2 atom stereocenters. The van der Waals surface area contributed by atoms with Crippen molar-refractivity contribution in [3.05, 3.63) is 12.2 Å². The van der Waals surface area contributed by atoms with Gasteiger partial charge in [-0.25, -0.2) is 0 Å². The number of carbonyl (C=O) groups excluding carboxylic acids is 3. The number of hydrogen-bond acceptors (Lipinski definition) is 4. The predicted octanol–water partition coefficient (Wildman–Crippen LogP) is 3.33. The van der Waals surface area contributed by atoms with Crippen molar-refractivity contribution in [2.75, 3.05) is 0 Å². The quantitative estimate of drug-likeness (QED) is 0.251. The highest BCUT2D eigenvalue weighted by Crippen LogP contribution is 2.22. The van der Waals surface area contributed by atoms with Crippen LogP contribution in [0.1, 0.15) is 71.1 Å². The number of aliphatic hydroxyl groups excluding tert-OH is 1. The van der Waals surface area contributed by atoms with Crippen molar-refractivity contribution in [3.8, 4) is 0 Å². The number of amides is 2. The van der Waals surface area contributed by atoms with Gasteiger partial charge in [0.1, 0.15) is 11.6 Å². The number of rotatable bonds is 12. The summed E-state index contributed by atoms with van der Waals surface area (Å²) in [4.78, 5) is 35.5. The summed E-state index contributed by atoms with van der Waals surface area (Å²) < 4.78 is 0. The molecule has 0 aromatic heterocycles. The number of nitrogens with zero attached hydrogens (tertiary/aromatic N) is 1. The van der Waals surface area contributed by atoms with Crippen molar-refractivity contribution in [1.29, 1.82) is 0 Å². The summed E-state index contributed by atoms with van der Waals surface area (Å²) in [6.07, 6.45) is 6.77. The number of aliphatic hydroxyl groups is 1. The number of likely N-dealkylation sites (tertiary alicyclic amines) is 1. The number of Topliss-reactive ketones (excluding diaryl/α,β-unsaturated/α-hetero) is 1. The first-order valence-corrected chi connectivity index (χ1v) is 9.15. The average molecular weight is 358 g/mol. The first-order valence-electron chi connectivity index (χ1n) is 8.71. The molecule has 2 unspecified atom stereocenters. The van der Waals surface area contributed by atoms with Gasteiger partial charge in [0.25, 0.3) is 0 Å². The molecule has 24 heavy (non-hydrogen) atoms. The van der Waals surface area contributed by atoms with Crippen LogP contribution in [0.2, 0.25) is 0 Å². The van der Waals surface area contributed by atoms with Gasteiger partial charge in [0.05, 0.1) is 6.42 Å². The Balaban J connectivity index is 2.02. The van der Waals surface area contributed by atoms with Gasteiger partial charge in [0.2, 0.25) is 11.8 Å². The Kier molecular flexibility index (Phi) is 9.22. The van der Waals surface area contributed by atoms with Gasteiger partial charge in [-0.05, 0) is 31.8 Å². The Morgan fingerprint density at radius 2 is 1.75 bits per heavy atom. The normalized spacial score (nSPS) is 19.0. The van der Waals surface area contributed by atoms with Crippen molar-refractivity contribution in [2.45, 2.75) is 82.7 Å². The Bertz CT molecular complexity index is 478. The lowest BCUT2D eigenvalue weighted by atomic mass is 10.0. The van der Waals surface area contributed by atoms with Crippen molar-refractivity contribution in [3.63, 3.8) is 0 Å². The van der Waals surface area contributed by atoms with Crippen LogP contribution in [0.4, 0.5) is 0 Å². The summed E-state index contributed by atoms with van der Waals surface area (Å²) in [6, 6.07) is 0. The fourth-order valence-corrected chi connectivity index (χ4v) is 3.00. The number of imide groups is 1. The molecule has 0 radical (unpaired) electrons. The van der Waals surface area contributed by atoms with E-state index in [1.807, 2.05) is 0 Å². The summed E-state index contributed by atoms with van der Waals surface area (Å²) in [6.45, 7) is 5.38. The van der Waals surface area contributed by atoms with E-state index in [0.717, 1.165) is 49.8 Å². The van der Waals surface area contributed by atoms with Gasteiger partial charge in [-0.1, -0.05) is 38.7 Å². The Labute approximate surface area is 149 Å². The van der Waals surface area contributed by atoms with Crippen LogP contribution < -0.4 is 0 Å². The van der Waals surface area contributed by atoms with Crippen molar-refractivity contribution in [2.24, 2.45) is 0 Å². The molecule has 5 nitrogen and oxygen atoms in total. The van der Waals surface area contributed by atoms with Crippen molar-refractivity contribution in [1.82, 2.24) is 4.90 Å². The SMILES string of the molecule is C=C(C)C(=O)CCCCCCCCCC(O)N1C(=O)CC(Cl)C1=O. The lowest BCUT2D eigenvalue weighted by molar-refractivity contribution is -0.149. The molecule has 1 fully saturated rings. The maximum Gasteiger partial charge on any atom is 0.249 e. The van der Waals surface area contributed by atoms with E-state index in [4.69, 9.17) is 11.6 Å². The number of alkyl halides is 1. The lowest BCUT2D eigenvalue weighted by Gasteiger charge is -2.21. The fourth-order valence-electron chi connectivity index (χ4n) is 2.76. The molecule has 136 valence electrons. The number of allylic oxidation sites excluding steroid dienone is 1. The Morgan fingerprint density at radius 3 is 2.25 bits per heavy atom. The summed E-state index contributed by atoms with van der Waals surface area (Å²) in [5.74, 6) is -0.732. The van der Waals surface area contributed by atoms with Crippen LogP contribution in [-0.2, 0) is 14.4 Å². The highest BCUT2D eigenvalue weighted by atomic mass is 35.5. The average Bonchev–Trinajstić information content (AvgIpc) is 2.77. The van der Waals surface area contributed by atoms with E-state index in [2.05, 4.69) is 6.58 Å². The number of unbranched alkanes of at least 4 members (excludes halogenated alkanes) is 6. The third-order valence-corrected chi connectivity index (χ3v) is 4.61. The topological polar surface area (TPSA) is 74.7 Å². The van der Waals surface area contributed by atoms with Crippen LogP contribution in [0.15, 0.2) is 12.2 Å². The second-order valence-electron chi connectivity index (χ2n) is 6.47. The number of carbonyl (C=O) groups is 3. The zero-order valence-corrected chi connectivity index (χ0v) is 15.2. The molecular weight excluding hydrogens is 330 g/mol. The molecule has 1 heterocycles. The summed E-state index contributed by atoms with van der Waals surface area (Å²) in [5.41, 5.74) is 0.629. The maximum atomic E-state index is 11.7. The molecule has 0 bridgehead atoms. The second-order valence-corrected chi connectivity index (χ2v) is 7.00. The van der Waals surface area contributed by atoms with Crippen LogP contribution >= 0.6 is 11.6 Å². The van der Waals surface area contributed by atoms with E-state index in [1.54, 1.807) is 6.92 Å². The van der Waals surface area contributed by atoms with Crippen LogP contribution in [0.3, 0.4) is 0 Å². The highest BCUT2D eigenvalue weighted by Gasteiger charge is 2.40. The van der Waals surface area contributed by atoms with Gasteiger partial charge in [-0.3, -0.25) is 19.3 Å². The fraction of sp³-hybridized carbons (Fsp3) is 0.722. The largest absolute Gasteiger partial charge is 0.373 e. The third kappa shape index (κ3) is 6.73. The minimum Gasteiger partial charge on any atom is -0.373 e. The van der Waals surface area contributed by atoms with Gasteiger partial charge in [0, 0.05) is 6.42 Å². The monoisotopic (exact) mass is 357 g/mol. The minimum absolute atomic E-state index is 0.0225. The molecular formula is C18H28ClNO4. The zero-order chi connectivity index (χ0) is 18.1. The summed E-state index contributed by atoms with van der Waals surface area (Å²) >= 11 is 5.73. The molecule has 1 N–H and O–H groups in total. The molecule has 0 aromatic rings.